The first-order valence-electron chi connectivity index (χ1n) is 10.9. The molecule has 0 spiro atoms. The first kappa shape index (κ1) is 24.7. The van der Waals surface area contributed by atoms with Gasteiger partial charge in [-0.25, -0.2) is 9.59 Å². The fourth-order valence-corrected chi connectivity index (χ4v) is 3.81. The molecule has 0 bridgehead atoms. The number of ether oxygens (including phenoxy) is 2. The maximum absolute atomic E-state index is 12.4. The third-order valence-corrected chi connectivity index (χ3v) is 5.60. The van der Waals surface area contributed by atoms with Crippen LogP contribution in [0.25, 0.3) is 0 Å². The molecule has 2 aromatic rings. The zero-order valence-corrected chi connectivity index (χ0v) is 19.1. The van der Waals surface area contributed by atoms with E-state index in [1.54, 1.807) is 30.3 Å². The zero-order chi connectivity index (χ0) is 24.7. The molecule has 0 aromatic heterocycles. The molecular formula is C24H27N3O7. The van der Waals surface area contributed by atoms with Crippen LogP contribution in [-0.2, 0) is 20.8 Å². The number of rotatable bonds is 8. The lowest BCUT2D eigenvalue weighted by molar-refractivity contribution is -0.384. The highest BCUT2D eigenvalue weighted by molar-refractivity contribution is 5.93. The van der Waals surface area contributed by atoms with Gasteiger partial charge in [-0.2, -0.15) is 0 Å². The molecule has 1 fully saturated rings. The second-order valence-corrected chi connectivity index (χ2v) is 8.20. The van der Waals surface area contributed by atoms with Gasteiger partial charge in [0, 0.05) is 25.7 Å². The summed E-state index contributed by atoms with van der Waals surface area (Å²) in [5.41, 5.74) is 1.45. The van der Waals surface area contributed by atoms with Crippen molar-refractivity contribution in [1.29, 1.82) is 0 Å². The van der Waals surface area contributed by atoms with E-state index in [9.17, 15) is 24.5 Å². The van der Waals surface area contributed by atoms with Gasteiger partial charge in [0.25, 0.3) is 11.6 Å². The number of hydrogen-bond donors (Lipinski definition) is 1. The Morgan fingerprint density at radius 2 is 1.82 bits per heavy atom. The molecule has 0 radical (unpaired) electrons. The van der Waals surface area contributed by atoms with Gasteiger partial charge in [-0.05, 0) is 48.6 Å². The largest absolute Gasteiger partial charge is 0.465 e. The minimum absolute atomic E-state index is 0.00621. The molecule has 0 saturated carbocycles. The topological polar surface area (TPSA) is 128 Å². The van der Waals surface area contributed by atoms with Gasteiger partial charge in [0.15, 0.2) is 6.61 Å². The van der Waals surface area contributed by atoms with Crippen LogP contribution in [0.2, 0.25) is 0 Å². The van der Waals surface area contributed by atoms with Gasteiger partial charge in [-0.3, -0.25) is 14.9 Å². The van der Waals surface area contributed by atoms with Crippen LogP contribution in [0.3, 0.4) is 0 Å². The molecule has 1 heterocycles. The highest BCUT2D eigenvalue weighted by atomic mass is 16.6. The van der Waals surface area contributed by atoms with Crippen LogP contribution in [0.5, 0.6) is 0 Å². The number of piperidine rings is 1. The average molecular weight is 469 g/mol. The van der Waals surface area contributed by atoms with Crippen molar-refractivity contribution in [2.75, 3.05) is 31.7 Å². The number of carbonyl (C=O) groups excluding carboxylic acids is 3. The van der Waals surface area contributed by atoms with Gasteiger partial charge in [-0.1, -0.05) is 19.1 Å². The van der Waals surface area contributed by atoms with E-state index in [0.717, 1.165) is 31.5 Å². The summed E-state index contributed by atoms with van der Waals surface area (Å²) in [5, 5.41) is 14.2. The van der Waals surface area contributed by atoms with Crippen molar-refractivity contribution in [1.82, 2.24) is 5.32 Å². The number of amides is 1. The number of anilines is 1. The molecule has 34 heavy (non-hydrogen) atoms. The van der Waals surface area contributed by atoms with Crippen molar-refractivity contribution in [2.45, 2.75) is 26.3 Å². The maximum Gasteiger partial charge on any atom is 0.338 e. The van der Waals surface area contributed by atoms with Gasteiger partial charge in [0.2, 0.25) is 0 Å². The molecule has 10 heteroatoms. The molecule has 1 amide bonds. The normalized spacial score (nSPS) is 15.4. The van der Waals surface area contributed by atoms with Crippen molar-refractivity contribution in [3.05, 3.63) is 69.3 Å². The Balaban J connectivity index is 1.55. The maximum atomic E-state index is 12.4. The summed E-state index contributed by atoms with van der Waals surface area (Å²) in [6, 6.07) is 10.7. The Kier molecular flexibility index (Phi) is 8.18. The third kappa shape index (κ3) is 6.31. The van der Waals surface area contributed by atoms with E-state index < -0.39 is 29.4 Å². The summed E-state index contributed by atoms with van der Waals surface area (Å²) in [7, 11) is 1.29. The summed E-state index contributed by atoms with van der Waals surface area (Å²) < 4.78 is 9.66. The van der Waals surface area contributed by atoms with Crippen LogP contribution in [0, 0.1) is 16.0 Å². The summed E-state index contributed by atoms with van der Waals surface area (Å²) >= 11 is 0. The predicted molar refractivity (Wildman–Crippen MR) is 124 cm³/mol. The fourth-order valence-electron chi connectivity index (χ4n) is 3.81. The molecule has 1 aliphatic heterocycles. The second kappa shape index (κ2) is 11.3. The molecule has 3 rings (SSSR count). The molecule has 1 atom stereocenters. The highest BCUT2D eigenvalue weighted by Gasteiger charge is 2.25. The monoisotopic (exact) mass is 469 g/mol. The Labute approximate surface area is 197 Å². The van der Waals surface area contributed by atoms with Crippen molar-refractivity contribution >= 4 is 29.2 Å². The highest BCUT2D eigenvalue weighted by Crippen LogP contribution is 2.32. The Morgan fingerprint density at radius 1 is 1.12 bits per heavy atom. The molecule has 1 saturated heterocycles. The smallest absolute Gasteiger partial charge is 0.338 e. The van der Waals surface area contributed by atoms with Gasteiger partial charge < -0.3 is 19.7 Å². The summed E-state index contributed by atoms with van der Waals surface area (Å²) in [6.07, 6.45) is 2.03. The number of nitro benzene ring substituents is 1. The Bertz CT molecular complexity index is 1070. The lowest BCUT2D eigenvalue weighted by Gasteiger charge is -2.32. The average Bonchev–Trinajstić information content (AvgIpc) is 2.85. The van der Waals surface area contributed by atoms with Crippen molar-refractivity contribution < 1.29 is 28.8 Å². The second-order valence-electron chi connectivity index (χ2n) is 8.20. The van der Waals surface area contributed by atoms with Crippen LogP contribution in [0.4, 0.5) is 11.4 Å². The first-order chi connectivity index (χ1) is 16.3. The van der Waals surface area contributed by atoms with E-state index in [2.05, 4.69) is 17.0 Å². The number of hydrogen-bond acceptors (Lipinski definition) is 8. The standard InChI is InChI=1S/C24H27N3O7/c1-16-4-3-11-26(14-16)20-10-9-19(12-21(20)27(31)32)24(30)34-15-22(28)25-13-17-5-7-18(8-6-17)23(29)33-2/h5-10,12,16H,3-4,11,13-15H2,1-2H3,(H,25,28)/t16-/m0/s1. The van der Waals surface area contributed by atoms with Gasteiger partial charge in [0.1, 0.15) is 5.69 Å². The van der Waals surface area contributed by atoms with Crippen LogP contribution < -0.4 is 10.2 Å². The number of nitrogens with zero attached hydrogens (tertiary/aromatic N) is 2. The lowest BCUT2D eigenvalue weighted by atomic mass is 9.99. The zero-order valence-electron chi connectivity index (χ0n) is 19.1. The SMILES string of the molecule is COC(=O)c1ccc(CNC(=O)COC(=O)c2ccc(N3CCC[C@H](C)C3)c([N+](=O)[O-])c2)cc1. The molecule has 1 aliphatic rings. The van der Waals surface area contributed by atoms with E-state index in [4.69, 9.17) is 4.74 Å². The summed E-state index contributed by atoms with van der Waals surface area (Å²) in [5.74, 6) is -1.37. The van der Waals surface area contributed by atoms with Crippen molar-refractivity contribution in [3.8, 4) is 0 Å². The molecule has 0 unspecified atom stereocenters. The number of nitro groups is 1. The van der Waals surface area contributed by atoms with Crippen LogP contribution >= 0.6 is 0 Å². The minimum atomic E-state index is -0.820. The summed E-state index contributed by atoms with van der Waals surface area (Å²) in [4.78, 5) is 49.0. The molecular weight excluding hydrogens is 442 g/mol. The van der Waals surface area contributed by atoms with Crippen molar-refractivity contribution in [2.24, 2.45) is 5.92 Å². The van der Waals surface area contributed by atoms with Gasteiger partial charge in [0.05, 0.1) is 23.2 Å². The van der Waals surface area contributed by atoms with Crippen molar-refractivity contribution in [3.63, 3.8) is 0 Å². The Hall–Kier alpha value is -3.95. The number of esters is 2. The predicted octanol–water partition coefficient (Wildman–Crippen LogP) is 3.09. The van der Waals surface area contributed by atoms with Gasteiger partial charge >= 0.3 is 11.9 Å². The van der Waals surface area contributed by atoms with E-state index in [1.165, 1.54) is 19.2 Å². The van der Waals surface area contributed by atoms with E-state index >= 15 is 0 Å². The Morgan fingerprint density at radius 3 is 2.47 bits per heavy atom. The number of methoxy groups -OCH3 is 1. The fraction of sp³-hybridized carbons (Fsp3) is 0.375. The van der Waals surface area contributed by atoms with Crippen LogP contribution in [0.15, 0.2) is 42.5 Å². The number of nitrogens with one attached hydrogen (secondary N) is 1. The van der Waals surface area contributed by atoms with E-state index in [-0.39, 0.29) is 17.8 Å². The van der Waals surface area contributed by atoms with Gasteiger partial charge in [-0.15, -0.1) is 0 Å². The minimum Gasteiger partial charge on any atom is -0.465 e. The quantitative estimate of drug-likeness (QED) is 0.355. The number of benzene rings is 2. The van der Waals surface area contributed by atoms with E-state index in [1.807, 2.05) is 4.90 Å². The lowest BCUT2D eigenvalue weighted by Crippen LogP contribution is -2.34. The van der Waals surface area contributed by atoms with Crippen LogP contribution in [-0.4, -0.2) is 49.6 Å². The number of carbonyl (C=O) groups is 3. The molecule has 180 valence electrons. The molecule has 1 N–H and O–H groups in total. The van der Waals surface area contributed by atoms with E-state index in [0.29, 0.717) is 17.2 Å². The molecule has 2 aromatic carbocycles. The third-order valence-electron chi connectivity index (χ3n) is 5.60. The van der Waals surface area contributed by atoms with Crippen LogP contribution in [0.1, 0.15) is 46.0 Å². The molecule has 0 aliphatic carbocycles. The molecule has 10 nitrogen and oxygen atoms in total. The summed E-state index contributed by atoms with van der Waals surface area (Å²) in [6.45, 7) is 3.19. The first-order valence-corrected chi connectivity index (χ1v) is 10.9.